The average Bonchev–Trinajstić information content (AvgIpc) is 1.88. The van der Waals surface area contributed by atoms with E-state index < -0.39 is 15.3 Å². The quantitative estimate of drug-likeness (QED) is 0.668. The minimum absolute atomic E-state index is 0.301. The number of ether oxygens (including phenoxy) is 1. The first kappa shape index (κ1) is 10.9. The van der Waals surface area contributed by atoms with Crippen LogP contribution in [0.5, 0.6) is 0 Å². The van der Waals surface area contributed by atoms with Gasteiger partial charge in [0.05, 0.1) is 11.4 Å². The predicted molar refractivity (Wildman–Crippen MR) is 43.7 cm³/mol. The second-order valence-corrected chi connectivity index (χ2v) is 4.40. The van der Waals surface area contributed by atoms with E-state index in [-0.39, 0.29) is 6.10 Å². The third kappa shape index (κ3) is 3.18. The van der Waals surface area contributed by atoms with Gasteiger partial charge in [-0.2, -0.15) is 0 Å². The van der Waals surface area contributed by atoms with Gasteiger partial charge in [0.1, 0.15) is 0 Å². The zero-order valence-corrected chi connectivity index (χ0v) is 7.89. The van der Waals surface area contributed by atoms with Crippen LogP contribution < -0.4 is 5.14 Å². The third-order valence-electron chi connectivity index (χ3n) is 1.75. The van der Waals surface area contributed by atoms with Gasteiger partial charge < -0.3 is 4.74 Å². The molecule has 5 heteroatoms. The van der Waals surface area contributed by atoms with Crippen LogP contribution in [0.25, 0.3) is 0 Å². The highest BCUT2D eigenvalue weighted by molar-refractivity contribution is 7.89. The maximum absolute atomic E-state index is 10.8. The van der Waals surface area contributed by atoms with Crippen molar-refractivity contribution in [2.24, 2.45) is 5.14 Å². The summed E-state index contributed by atoms with van der Waals surface area (Å²) in [6.07, 6.45) is 0.346. The maximum Gasteiger partial charge on any atom is 0.214 e. The van der Waals surface area contributed by atoms with E-state index in [0.717, 1.165) is 0 Å². The summed E-state index contributed by atoms with van der Waals surface area (Å²) in [6.45, 7) is 3.41. The molecule has 0 unspecified atom stereocenters. The maximum atomic E-state index is 10.8. The van der Waals surface area contributed by atoms with Crippen molar-refractivity contribution in [2.75, 3.05) is 7.11 Å². The van der Waals surface area contributed by atoms with E-state index in [0.29, 0.717) is 6.42 Å². The fourth-order valence-electron chi connectivity index (χ4n) is 0.902. The molecule has 0 heterocycles. The van der Waals surface area contributed by atoms with Gasteiger partial charge in [0, 0.05) is 7.11 Å². The lowest BCUT2D eigenvalue weighted by atomic mass is 10.2. The first-order valence-corrected chi connectivity index (χ1v) is 5.08. The van der Waals surface area contributed by atoms with E-state index in [1.807, 2.05) is 6.92 Å². The molecule has 0 aliphatic carbocycles. The Bertz CT molecular complexity index is 196. The molecule has 0 bridgehead atoms. The van der Waals surface area contributed by atoms with Gasteiger partial charge in [-0.25, -0.2) is 13.6 Å². The summed E-state index contributed by atoms with van der Waals surface area (Å²) >= 11 is 0. The van der Waals surface area contributed by atoms with Crippen molar-refractivity contribution in [3.8, 4) is 0 Å². The number of primary sulfonamides is 1. The van der Waals surface area contributed by atoms with Crippen molar-refractivity contribution in [3.63, 3.8) is 0 Å². The van der Waals surface area contributed by atoms with Crippen molar-refractivity contribution in [1.82, 2.24) is 0 Å². The van der Waals surface area contributed by atoms with Crippen LogP contribution in [0.3, 0.4) is 0 Å². The molecular weight excluding hydrogens is 166 g/mol. The van der Waals surface area contributed by atoms with Gasteiger partial charge in [-0.1, -0.05) is 6.92 Å². The molecule has 4 nitrogen and oxygen atoms in total. The summed E-state index contributed by atoms with van der Waals surface area (Å²) < 4.78 is 26.5. The molecule has 0 aromatic heterocycles. The predicted octanol–water partition coefficient (Wildman–Crippen LogP) is 0.0884. The molecule has 0 aliphatic heterocycles. The second-order valence-electron chi connectivity index (χ2n) is 2.48. The number of rotatable bonds is 4. The Morgan fingerprint density at radius 2 is 2.00 bits per heavy atom. The fourth-order valence-corrected chi connectivity index (χ4v) is 1.63. The van der Waals surface area contributed by atoms with Crippen LogP contribution in [0.2, 0.25) is 0 Å². The van der Waals surface area contributed by atoms with E-state index in [1.54, 1.807) is 6.92 Å². The van der Waals surface area contributed by atoms with Gasteiger partial charge in [0.15, 0.2) is 0 Å². The molecule has 0 radical (unpaired) electrons. The Balaban J connectivity index is 4.33. The minimum Gasteiger partial charge on any atom is -0.380 e. The largest absolute Gasteiger partial charge is 0.380 e. The molecule has 0 fully saturated rings. The van der Waals surface area contributed by atoms with Crippen LogP contribution in [0.1, 0.15) is 20.3 Å². The highest BCUT2D eigenvalue weighted by Crippen LogP contribution is 2.08. The number of hydrogen-bond acceptors (Lipinski definition) is 3. The zero-order chi connectivity index (χ0) is 9.07. The number of methoxy groups -OCH3 is 1. The van der Waals surface area contributed by atoms with Gasteiger partial charge >= 0.3 is 0 Å². The number of sulfonamides is 1. The minimum atomic E-state index is -3.45. The highest BCUT2D eigenvalue weighted by Gasteiger charge is 2.24. The zero-order valence-electron chi connectivity index (χ0n) is 7.07. The van der Waals surface area contributed by atoms with Crippen LogP contribution in [-0.2, 0) is 14.8 Å². The lowest BCUT2D eigenvalue weighted by Crippen LogP contribution is -2.36. The van der Waals surface area contributed by atoms with Crippen LogP contribution in [0, 0.1) is 0 Å². The van der Waals surface area contributed by atoms with Crippen LogP contribution in [-0.4, -0.2) is 26.9 Å². The summed E-state index contributed by atoms with van der Waals surface area (Å²) in [5, 5.41) is 4.30. The van der Waals surface area contributed by atoms with Gasteiger partial charge in [0.2, 0.25) is 10.0 Å². The summed E-state index contributed by atoms with van der Waals surface area (Å²) in [5.74, 6) is 0. The van der Waals surface area contributed by atoms with E-state index in [1.165, 1.54) is 7.11 Å². The second kappa shape index (κ2) is 4.04. The Morgan fingerprint density at radius 3 is 2.09 bits per heavy atom. The first-order chi connectivity index (χ1) is 4.93. The lowest BCUT2D eigenvalue weighted by molar-refractivity contribution is 0.0986. The molecule has 68 valence electrons. The monoisotopic (exact) mass is 181 g/mol. The van der Waals surface area contributed by atoms with Crippen molar-refractivity contribution in [2.45, 2.75) is 31.6 Å². The van der Waals surface area contributed by atoms with Crippen molar-refractivity contribution in [1.29, 1.82) is 0 Å². The molecule has 0 rings (SSSR count). The molecule has 0 saturated carbocycles. The van der Waals surface area contributed by atoms with Gasteiger partial charge in [-0.15, -0.1) is 0 Å². The van der Waals surface area contributed by atoms with Gasteiger partial charge in [0.25, 0.3) is 0 Å². The summed E-state index contributed by atoms with van der Waals surface area (Å²) in [5.41, 5.74) is 0. The van der Waals surface area contributed by atoms with E-state index in [9.17, 15) is 8.42 Å². The molecule has 11 heavy (non-hydrogen) atoms. The molecule has 0 saturated heterocycles. The smallest absolute Gasteiger partial charge is 0.214 e. The Kier molecular flexibility index (Phi) is 3.99. The molecule has 2 atom stereocenters. The summed E-state index contributed by atoms with van der Waals surface area (Å²) in [7, 11) is -1.97. The van der Waals surface area contributed by atoms with E-state index in [2.05, 4.69) is 0 Å². The summed E-state index contributed by atoms with van der Waals surface area (Å²) in [6, 6.07) is 0. The summed E-state index contributed by atoms with van der Waals surface area (Å²) in [4.78, 5) is 0. The van der Waals surface area contributed by atoms with Crippen molar-refractivity contribution < 1.29 is 13.2 Å². The average molecular weight is 181 g/mol. The molecule has 0 aromatic carbocycles. The van der Waals surface area contributed by atoms with Crippen LogP contribution in [0.4, 0.5) is 0 Å². The van der Waals surface area contributed by atoms with E-state index >= 15 is 0 Å². The fraction of sp³-hybridized carbons (Fsp3) is 1.00. The van der Waals surface area contributed by atoms with Gasteiger partial charge in [-0.05, 0) is 13.3 Å². The number of hydrogen-bond donors (Lipinski definition) is 1. The Labute approximate surface area is 67.8 Å². The van der Waals surface area contributed by atoms with Crippen molar-refractivity contribution in [3.05, 3.63) is 0 Å². The molecule has 2 N–H and O–H groups in total. The Hall–Kier alpha value is -0.130. The lowest BCUT2D eigenvalue weighted by Gasteiger charge is -2.18. The highest BCUT2D eigenvalue weighted by atomic mass is 32.2. The van der Waals surface area contributed by atoms with Crippen molar-refractivity contribution >= 4 is 10.0 Å². The molecule has 0 spiro atoms. The van der Waals surface area contributed by atoms with Crippen LogP contribution in [0.15, 0.2) is 0 Å². The molecule has 0 amide bonds. The topological polar surface area (TPSA) is 69.4 Å². The third-order valence-corrected chi connectivity index (χ3v) is 3.09. The molecule has 0 aliphatic rings. The van der Waals surface area contributed by atoms with Crippen LogP contribution >= 0.6 is 0 Å². The van der Waals surface area contributed by atoms with E-state index in [4.69, 9.17) is 9.88 Å². The first-order valence-electron chi connectivity index (χ1n) is 3.47. The molecule has 0 aromatic rings. The van der Waals surface area contributed by atoms with Gasteiger partial charge in [-0.3, -0.25) is 0 Å². The number of nitrogens with two attached hydrogens (primary N) is 1. The SMILES string of the molecule is CC[C@H](OC)[C@H](C)S(N)(=O)=O. The standard InChI is InChI=1S/C6H15NO3S/c1-4-6(10-3)5(2)11(7,8)9/h5-6H,4H2,1-3H3,(H2,7,8,9)/t5-,6-/m0/s1. The Morgan fingerprint density at radius 1 is 1.55 bits per heavy atom. The molecular formula is C6H15NO3S. The normalized spacial score (nSPS) is 17.8.